The van der Waals surface area contributed by atoms with Crippen molar-refractivity contribution in [2.45, 2.75) is 12.5 Å². The van der Waals surface area contributed by atoms with Gasteiger partial charge in [-0.3, -0.25) is 9.48 Å². The molecular weight excluding hydrogens is 338 g/mol. The van der Waals surface area contributed by atoms with Crippen LogP contribution in [0.4, 0.5) is 0 Å². The van der Waals surface area contributed by atoms with Gasteiger partial charge >= 0.3 is 0 Å². The van der Waals surface area contributed by atoms with Gasteiger partial charge in [0, 0.05) is 41.2 Å². The third-order valence-electron chi connectivity index (χ3n) is 4.20. The molecule has 1 amide bonds. The van der Waals surface area contributed by atoms with Gasteiger partial charge in [-0.05, 0) is 41.0 Å². The molecule has 122 valence electrons. The zero-order chi connectivity index (χ0) is 16.5. The van der Waals surface area contributed by atoms with Crippen molar-refractivity contribution in [3.8, 4) is 0 Å². The normalized spacial score (nSPS) is 17.4. The van der Waals surface area contributed by atoms with Gasteiger partial charge < -0.3 is 4.90 Å². The third kappa shape index (κ3) is 2.83. The molecule has 0 saturated carbocycles. The van der Waals surface area contributed by atoms with E-state index in [1.165, 1.54) is 15.3 Å². The van der Waals surface area contributed by atoms with Crippen molar-refractivity contribution in [2.24, 2.45) is 7.05 Å². The van der Waals surface area contributed by atoms with Crippen LogP contribution in [-0.4, -0.2) is 27.1 Å². The summed E-state index contributed by atoms with van der Waals surface area (Å²) in [5, 5.41) is 8.33. The van der Waals surface area contributed by atoms with Gasteiger partial charge in [0.25, 0.3) is 0 Å². The number of aryl methyl sites for hydroxylation is 1. The summed E-state index contributed by atoms with van der Waals surface area (Å²) in [5.41, 5.74) is 2.21. The van der Waals surface area contributed by atoms with Crippen molar-refractivity contribution in [2.75, 3.05) is 6.54 Å². The van der Waals surface area contributed by atoms with Crippen LogP contribution < -0.4 is 0 Å². The summed E-state index contributed by atoms with van der Waals surface area (Å²) in [5.74, 6) is 0.0501. The number of rotatable bonds is 3. The number of thiophene rings is 2. The standard InChI is InChI=1S/C18H17N3OS2/c1-20-12-13(11-19-20)4-5-17(22)21-8-6-15-14(7-10-24-15)18(21)16-3-2-9-23-16/h2-5,7,9-12,18H,6,8H2,1H3/b5-4-/t18-/m0/s1. The van der Waals surface area contributed by atoms with Crippen LogP contribution in [-0.2, 0) is 18.3 Å². The van der Waals surface area contributed by atoms with Crippen molar-refractivity contribution in [1.29, 1.82) is 0 Å². The van der Waals surface area contributed by atoms with Crippen LogP contribution >= 0.6 is 22.7 Å². The number of carbonyl (C=O) groups excluding carboxylic acids is 1. The number of amides is 1. The van der Waals surface area contributed by atoms with Gasteiger partial charge in [-0.25, -0.2) is 0 Å². The molecule has 0 aliphatic carbocycles. The highest BCUT2D eigenvalue weighted by atomic mass is 32.1. The van der Waals surface area contributed by atoms with E-state index < -0.39 is 0 Å². The smallest absolute Gasteiger partial charge is 0.247 e. The highest BCUT2D eigenvalue weighted by molar-refractivity contribution is 7.10. The van der Waals surface area contributed by atoms with Crippen LogP contribution in [0.25, 0.3) is 6.08 Å². The van der Waals surface area contributed by atoms with Crippen LogP contribution in [0.3, 0.4) is 0 Å². The van der Waals surface area contributed by atoms with Gasteiger partial charge in [0.1, 0.15) is 0 Å². The number of hydrogen-bond donors (Lipinski definition) is 0. The lowest BCUT2D eigenvalue weighted by Gasteiger charge is -2.34. The Kier molecular flexibility index (Phi) is 4.08. The molecule has 4 rings (SSSR count). The molecule has 0 radical (unpaired) electrons. The van der Waals surface area contributed by atoms with E-state index in [1.54, 1.807) is 39.6 Å². The summed E-state index contributed by atoms with van der Waals surface area (Å²) in [6.45, 7) is 0.756. The van der Waals surface area contributed by atoms with Gasteiger partial charge in [-0.15, -0.1) is 22.7 Å². The largest absolute Gasteiger partial charge is 0.327 e. The predicted molar refractivity (Wildman–Crippen MR) is 98.1 cm³/mol. The number of hydrogen-bond acceptors (Lipinski definition) is 4. The fourth-order valence-corrected chi connectivity index (χ4v) is 4.86. The molecule has 4 heterocycles. The van der Waals surface area contributed by atoms with E-state index in [2.05, 4.69) is 34.1 Å². The number of fused-ring (bicyclic) bond motifs is 1. The summed E-state index contributed by atoms with van der Waals surface area (Å²) in [7, 11) is 1.87. The van der Waals surface area contributed by atoms with Gasteiger partial charge in [0.15, 0.2) is 0 Å². The van der Waals surface area contributed by atoms with Crippen LogP contribution in [0.5, 0.6) is 0 Å². The first kappa shape index (κ1) is 15.4. The Morgan fingerprint density at radius 2 is 2.25 bits per heavy atom. The third-order valence-corrected chi connectivity index (χ3v) is 6.13. The Hall–Kier alpha value is -2.18. The zero-order valence-corrected chi connectivity index (χ0v) is 14.9. The van der Waals surface area contributed by atoms with E-state index in [1.807, 2.05) is 24.2 Å². The van der Waals surface area contributed by atoms with Crippen molar-refractivity contribution < 1.29 is 4.79 Å². The summed E-state index contributed by atoms with van der Waals surface area (Å²) in [6.07, 6.45) is 8.09. The van der Waals surface area contributed by atoms with Gasteiger partial charge in [-0.1, -0.05) is 6.07 Å². The van der Waals surface area contributed by atoms with Crippen LogP contribution in [0.2, 0.25) is 0 Å². The Morgan fingerprint density at radius 1 is 1.33 bits per heavy atom. The molecule has 24 heavy (non-hydrogen) atoms. The monoisotopic (exact) mass is 355 g/mol. The first-order chi connectivity index (χ1) is 11.7. The summed E-state index contributed by atoms with van der Waals surface area (Å²) < 4.78 is 1.73. The highest BCUT2D eigenvalue weighted by Crippen LogP contribution is 2.39. The molecule has 0 bridgehead atoms. The topological polar surface area (TPSA) is 38.1 Å². The second-order valence-corrected chi connectivity index (χ2v) is 7.76. The van der Waals surface area contributed by atoms with Crippen LogP contribution in [0.15, 0.2) is 47.4 Å². The van der Waals surface area contributed by atoms with E-state index in [4.69, 9.17) is 0 Å². The minimum atomic E-state index is 0.0334. The maximum absolute atomic E-state index is 12.8. The van der Waals surface area contributed by atoms with Crippen molar-refractivity contribution >= 4 is 34.7 Å². The van der Waals surface area contributed by atoms with Crippen molar-refractivity contribution in [3.63, 3.8) is 0 Å². The maximum Gasteiger partial charge on any atom is 0.247 e. The molecule has 6 heteroatoms. The lowest BCUT2D eigenvalue weighted by atomic mass is 9.98. The Bertz CT molecular complexity index is 876. The Morgan fingerprint density at radius 3 is 3.00 bits per heavy atom. The van der Waals surface area contributed by atoms with E-state index in [9.17, 15) is 4.79 Å². The van der Waals surface area contributed by atoms with E-state index in [-0.39, 0.29) is 11.9 Å². The molecule has 1 aliphatic rings. The second kappa shape index (κ2) is 6.37. The first-order valence-electron chi connectivity index (χ1n) is 7.79. The van der Waals surface area contributed by atoms with Crippen LogP contribution in [0, 0.1) is 0 Å². The second-order valence-electron chi connectivity index (χ2n) is 5.78. The molecule has 1 aliphatic heterocycles. The van der Waals surface area contributed by atoms with Gasteiger partial charge in [0.2, 0.25) is 5.91 Å². The lowest BCUT2D eigenvalue weighted by molar-refractivity contribution is -0.127. The van der Waals surface area contributed by atoms with Gasteiger partial charge in [0.05, 0.1) is 12.2 Å². The SMILES string of the molecule is Cn1cc(/C=C\C(=O)N2CCc3sccc3[C@H]2c2cccs2)cn1. The lowest BCUT2D eigenvalue weighted by Crippen LogP contribution is -2.38. The van der Waals surface area contributed by atoms with Crippen LogP contribution in [0.1, 0.15) is 26.9 Å². The molecule has 0 fully saturated rings. The molecular formula is C18H17N3OS2. The average molecular weight is 355 g/mol. The average Bonchev–Trinajstić information content (AvgIpc) is 3.32. The molecule has 1 atom stereocenters. The predicted octanol–water partition coefficient (Wildman–Crippen LogP) is 3.73. The molecule has 3 aromatic rings. The molecule has 0 aromatic carbocycles. The Labute approximate surface area is 148 Å². The number of aromatic nitrogens is 2. The number of carbonyl (C=O) groups is 1. The first-order valence-corrected chi connectivity index (χ1v) is 9.55. The van der Waals surface area contributed by atoms with Crippen molar-refractivity contribution in [1.82, 2.24) is 14.7 Å². The Balaban J connectivity index is 1.63. The molecule has 0 unspecified atom stereocenters. The van der Waals surface area contributed by atoms with E-state index in [0.717, 1.165) is 18.5 Å². The fourth-order valence-electron chi connectivity index (χ4n) is 3.10. The summed E-state index contributed by atoms with van der Waals surface area (Å²) >= 11 is 3.50. The molecule has 0 spiro atoms. The maximum atomic E-state index is 12.8. The molecule has 0 N–H and O–H groups in total. The van der Waals surface area contributed by atoms with E-state index >= 15 is 0 Å². The minimum absolute atomic E-state index is 0.0334. The molecule has 4 nitrogen and oxygen atoms in total. The zero-order valence-electron chi connectivity index (χ0n) is 13.3. The highest BCUT2D eigenvalue weighted by Gasteiger charge is 2.32. The van der Waals surface area contributed by atoms with Crippen molar-refractivity contribution in [3.05, 3.63) is 68.3 Å². The quantitative estimate of drug-likeness (QED) is 0.672. The molecule has 0 saturated heterocycles. The fraction of sp³-hybridized carbons (Fsp3) is 0.222. The minimum Gasteiger partial charge on any atom is -0.327 e. The van der Waals surface area contributed by atoms with Gasteiger partial charge in [-0.2, -0.15) is 5.10 Å². The van der Waals surface area contributed by atoms with E-state index in [0.29, 0.717) is 0 Å². The number of nitrogens with zero attached hydrogens (tertiary/aromatic N) is 3. The summed E-state index contributed by atoms with van der Waals surface area (Å²) in [4.78, 5) is 17.4. The summed E-state index contributed by atoms with van der Waals surface area (Å²) in [6, 6.07) is 6.36. The molecule has 3 aromatic heterocycles.